The van der Waals surface area contributed by atoms with Gasteiger partial charge < -0.3 is 32.2 Å². The fourth-order valence-electron chi connectivity index (χ4n) is 14.3. The molecule has 5 heterocycles. The minimum Gasteiger partial charge on any atom is -0.507 e. The Morgan fingerprint density at radius 3 is 0.844 bits per heavy atom. The van der Waals surface area contributed by atoms with Crippen LogP contribution in [0.25, 0.3) is 55.6 Å². The van der Waals surface area contributed by atoms with E-state index < -0.39 is 42.5 Å². The largest absolute Gasteiger partial charge is 0.507 e. The highest BCUT2D eigenvalue weighted by Gasteiger charge is 2.47. The Bertz CT molecular complexity index is 5280. The number of para-hydroxylation sites is 5. The molecule has 17 heteroatoms. The van der Waals surface area contributed by atoms with Gasteiger partial charge in [-0.25, -0.2) is 4.57 Å². The molecule has 0 spiro atoms. The predicted molar refractivity (Wildman–Crippen MR) is 381 cm³/mol. The molecule has 5 aliphatic heterocycles. The molecule has 1 N–H and O–H groups in total. The molecular formula is C79H59O12P5. The second-order valence-corrected chi connectivity index (χ2v) is 36.5. The van der Waals surface area contributed by atoms with Crippen LogP contribution in [0.1, 0.15) is 47.2 Å². The van der Waals surface area contributed by atoms with Crippen LogP contribution in [0.2, 0.25) is 0 Å². The summed E-state index contributed by atoms with van der Waals surface area (Å²) in [6.45, 7) is 3.97. The van der Waals surface area contributed by atoms with Crippen LogP contribution in [0, 0.1) is 0 Å². The van der Waals surface area contributed by atoms with Crippen molar-refractivity contribution in [3.05, 3.63) is 300 Å². The summed E-state index contributed by atoms with van der Waals surface area (Å²) in [4.78, 5) is 0. The van der Waals surface area contributed by atoms with E-state index in [2.05, 4.69) is 0 Å². The van der Waals surface area contributed by atoms with Crippen LogP contribution < -0.4 is 53.7 Å². The van der Waals surface area contributed by atoms with Gasteiger partial charge in [0, 0.05) is 61.0 Å². The summed E-state index contributed by atoms with van der Waals surface area (Å²) in [6, 6.07) is 81.4. The van der Waals surface area contributed by atoms with Crippen molar-refractivity contribution in [2.24, 2.45) is 0 Å². The van der Waals surface area contributed by atoms with E-state index >= 15 is 22.8 Å². The number of aromatic hydroxyl groups is 1. The van der Waals surface area contributed by atoms with Crippen LogP contribution in [0.3, 0.4) is 0 Å². The third-order valence-corrected chi connectivity index (χ3v) is 30.4. The first-order chi connectivity index (χ1) is 46.5. The zero-order valence-corrected chi connectivity index (χ0v) is 56.4. The normalized spacial score (nSPS) is 21.0. The highest BCUT2D eigenvalue weighted by Crippen LogP contribution is 2.65. The number of phenolic OH excluding ortho intramolecular Hbond substituents is 1. The van der Waals surface area contributed by atoms with Crippen LogP contribution in [-0.4, -0.2) is 5.11 Å². The summed E-state index contributed by atoms with van der Waals surface area (Å²) >= 11 is 0. The molecule has 17 rings (SSSR count). The van der Waals surface area contributed by atoms with Gasteiger partial charge in [-0.2, -0.15) is 0 Å². The lowest BCUT2D eigenvalue weighted by Crippen LogP contribution is -2.25. The second-order valence-electron chi connectivity index (χ2n) is 25.3. The first-order valence-corrected chi connectivity index (χ1v) is 40.4. The number of hydrogen-bond donors (Lipinski definition) is 1. The van der Waals surface area contributed by atoms with Gasteiger partial charge in [0.25, 0.3) is 29.5 Å². The fraction of sp³-hybridized carbons (Fsp3) is 0.0886. The molecule has 0 fully saturated rings. The average Bonchev–Trinajstić information content (AvgIpc) is 0.742. The Morgan fingerprint density at radius 2 is 0.531 bits per heavy atom. The van der Waals surface area contributed by atoms with Gasteiger partial charge in [0.15, 0.2) is 0 Å². The minimum absolute atomic E-state index is 0.00228. The van der Waals surface area contributed by atoms with E-state index in [1.165, 1.54) is 0 Å². The van der Waals surface area contributed by atoms with Crippen LogP contribution in [0.4, 0.5) is 0 Å². The predicted octanol–water partition coefficient (Wildman–Crippen LogP) is 19.3. The number of phenols is 1. The van der Waals surface area contributed by atoms with Crippen molar-refractivity contribution < 1.29 is 55.1 Å². The molecule has 0 bridgehead atoms. The molecule has 0 radical (unpaired) electrons. The number of benzene rings is 12. The second kappa shape index (κ2) is 22.5. The van der Waals surface area contributed by atoms with Gasteiger partial charge in [-0.15, -0.1) is 0 Å². The van der Waals surface area contributed by atoms with Gasteiger partial charge in [-0.05, 0) is 94.0 Å². The van der Waals surface area contributed by atoms with E-state index in [4.69, 9.17) is 27.1 Å². The van der Waals surface area contributed by atoms with E-state index in [-0.39, 0.29) is 63.7 Å². The molecule has 0 saturated carbocycles. The maximum Gasteiger partial charge on any atom is 0.463 e. The summed E-state index contributed by atoms with van der Waals surface area (Å²) < 4.78 is 123. The first kappa shape index (κ1) is 60.1. The van der Waals surface area contributed by atoms with Crippen LogP contribution >= 0.6 is 37.1 Å². The van der Waals surface area contributed by atoms with Crippen LogP contribution in [-0.2, 0) is 52.9 Å². The van der Waals surface area contributed by atoms with Gasteiger partial charge >= 0.3 is 7.60 Å². The summed E-state index contributed by atoms with van der Waals surface area (Å²) in [5.74, 6) is 1.77. The molecule has 0 aromatic heterocycles. The van der Waals surface area contributed by atoms with Crippen LogP contribution in [0.5, 0.6) is 40.2 Å². The lowest BCUT2D eigenvalue weighted by Gasteiger charge is -2.35. The number of hydrogen-bond acceptors (Lipinski definition) is 12. The molecule has 472 valence electrons. The zero-order chi connectivity index (χ0) is 65.3. The Labute approximate surface area is 555 Å². The van der Waals surface area contributed by atoms with Crippen molar-refractivity contribution in [3.63, 3.8) is 0 Å². The summed E-state index contributed by atoms with van der Waals surface area (Å²) in [5.41, 5.74) is 8.32. The minimum atomic E-state index is -4.53. The third-order valence-electron chi connectivity index (χ3n) is 19.1. The Balaban J connectivity index is 0.898. The highest BCUT2D eigenvalue weighted by molar-refractivity contribution is 7.68. The number of fused-ring (bicyclic) bond motifs is 15. The Hall–Kier alpha value is -9.61. The number of rotatable bonds is 12. The lowest BCUT2D eigenvalue weighted by molar-refractivity contribution is 0.394. The van der Waals surface area contributed by atoms with Crippen molar-refractivity contribution >= 4 is 63.6 Å². The summed E-state index contributed by atoms with van der Waals surface area (Å²) in [6.07, 6.45) is -1.22. The summed E-state index contributed by atoms with van der Waals surface area (Å²) in [7, 11) is -20.7. The molecule has 5 aliphatic rings. The molecule has 0 aliphatic carbocycles. The standard InChI is InChI=1S/C79H59O12P5/c1-79(2,55-43-51(47-92(81)72-38-18-8-28-62(72)57-23-3-13-33-67(57)86-92)77(80)52(44-55)48-93(82)73-39-19-9-29-63(73)58-24-4-14-34-68(58)87-93)56-45-53(49-94(83)74-40-20-10-30-64(74)59-25-5-15-35-69(59)88-94)78(91-96(85)76-42-22-12-32-66(76)61-27-7-17-37-71(61)90-96)54(46-56)50-95(84)75-41-21-11-31-65(75)60-26-6-16-36-70(60)89-95/h3-46,80H,47-50H2,1-2H3. The smallest absolute Gasteiger partial charge is 0.463 e. The Morgan fingerprint density at radius 1 is 0.302 bits per heavy atom. The Kier molecular flexibility index (Phi) is 14.1. The van der Waals surface area contributed by atoms with Gasteiger partial charge in [0.1, 0.15) is 40.2 Å². The van der Waals surface area contributed by atoms with Gasteiger partial charge in [0.2, 0.25) is 0 Å². The van der Waals surface area contributed by atoms with Gasteiger partial charge in [-0.3, -0.25) is 18.3 Å². The molecule has 0 amide bonds. The zero-order valence-electron chi connectivity index (χ0n) is 51.9. The van der Waals surface area contributed by atoms with Crippen molar-refractivity contribution in [3.8, 4) is 95.9 Å². The van der Waals surface area contributed by atoms with Gasteiger partial charge in [0.05, 0.1) is 51.2 Å². The maximum absolute atomic E-state index is 16.7. The first-order valence-electron chi connectivity index (χ1n) is 31.6. The lowest BCUT2D eigenvalue weighted by atomic mass is 9.76. The van der Waals surface area contributed by atoms with Crippen molar-refractivity contribution in [2.45, 2.75) is 43.9 Å². The molecule has 12 nitrogen and oxygen atoms in total. The fourth-order valence-corrected chi connectivity index (χ4v) is 25.7. The third kappa shape index (κ3) is 9.83. The molecular weight excluding hydrogens is 1300 g/mol. The van der Waals surface area contributed by atoms with Crippen molar-refractivity contribution in [1.82, 2.24) is 0 Å². The van der Waals surface area contributed by atoms with E-state index in [1.54, 1.807) is 72.8 Å². The van der Waals surface area contributed by atoms with Crippen molar-refractivity contribution in [1.29, 1.82) is 0 Å². The SMILES string of the molecule is CC(C)(c1cc(CP2(=O)Oc3ccccc3-c3ccccc32)c(O)c(CP2(=O)Oc3ccccc3-c3ccccc32)c1)c1cc(CP2(=O)Oc3ccccc3-c3ccccc32)c(OP2(=O)Oc3ccccc3-c3ccccc32)c(CP2(=O)Oc3ccccc3-c3ccccc32)c1. The molecule has 5 unspecified atom stereocenters. The quantitative estimate of drug-likeness (QED) is 0.115. The average molecular weight is 1360 g/mol. The van der Waals surface area contributed by atoms with E-state index in [0.29, 0.717) is 83.3 Å². The molecule has 0 saturated heterocycles. The van der Waals surface area contributed by atoms with Crippen molar-refractivity contribution in [2.75, 3.05) is 0 Å². The van der Waals surface area contributed by atoms with E-state index in [1.807, 2.05) is 208 Å². The molecule has 12 aromatic rings. The van der Waals surface area contributed by atoms with Crippen LogP contribution in [0.15, 0.2) is 267 Å². The summed E-state index contributed by atoms with van der Waals surface area (Å²) in [5, 5.41) is 15.2. The monoisotopic (exact) mass is 1350 g/mol. The van der Waals surface area contributed by atoms with E-state index in [9.17, 15) is 5.11 Å². The van der Waals surface area contributed by atoms with E-state index in [0.717, 1.165) is 33.4 Å². The van der Waals surface area contributed by atoms with Gasteiger partial charge in [-0.1, -0.05) is 220 Å². The molecule has 5 atom stereocenters. The molecule has 96 heavy (non-hydrogen) atoms. The highest BCUT2D eigenvalue weighted by atomic mass is 31.2. The maximum atomic E-state index is 16.7. The topological polar surface area (TPSA) is 161 Å². The molecule has 12 aromatic carbocycles.